The van der Waals surface area contributed by atoms with E-state index in [-0.39, 0.29) is 24.4 Å². The van der Waals surface area contributed by atoms with Gasteiger partial charge in [-0.1, -0.05) is 18.2 Å². The molecule has 1 saturated heterocycles. The summed E-state index contributed by atoms with van der Waals surface area (Å²) in [4.78, 5) is 12.4. The summed E-state index contributed by atoms with van der Waals surface area (Å²) in [5.41, 5.74) is 1.48. The Morgan fingerprint density at radius 1 is 1.25 bits per heavy atom. The first-order chi connectivity index (χ1) is 11.7. The van der Waals surface area contributed by atoms with Crippen molar-refractivity contribution in [1.82, 2.24) is 10.6 Å². The zero-order valence-corrected chi connectivity index (χ0v) is 13.4. The third-order valence-corrected chi connectivity index (χ3v) is 4.02. The number of nitrogens with one attached hydrogen (secondary N) is 2. The lowest BCUT2D eigenvalue weighted by Crippen LogP contribution is -2.45. The zero-order chi connectivity index (χ0) is 16.8. The Morgan fingerprint density at radius 2 is 2.12 bits per heavy atom. The van der Waals surface area contributed by atoms with E-state index < -0.39 is 0 Å². The van der Waals surface area contributed by atoms with Crippen LogP contribution < -0.4 is 15.4 Å². The van der Waals surface area contributed by atoms with E-state index in [4.69, 9.17) is 4.74 Å². The largest absolute Gasteiger partial charge is 0.489 e. The van der Waals surface area contributed by atoms with E-state index in [1.807, 2.05) is 18.2 Å². The molecule has 0 saturated carbocycles. The second kappa shape index (κ2) is 7.93. The average molecular weight is 328 g/mol. The summed E-state index contributed by atoms with van der Waals surface area (Å²) in [5.74, 6) is 0.0659. The van der Waals surface area contributed by atoms with Gasteiger partial charge in [-0.05, 0) is 49.2 Å². The predicted octanol–water partition coefficient (Wildman–Crippen LogP) is 2.89. The highest BCUT2D eigenvalue weighted by atomic mass is 19.1. The van der Waals surface area contributed by atoms with Gasteiger partial charge >= 0.3 is 0 Å². The first-order valence-corrected chi connectivity index (χ1v) is 8.19. The quantitative estimate of drug-likeness (QED) is 0.887. The Hall–Kier alpha value is -2.40. The number of ether oxygens (including phenoxy) is 1. The molecule has 0 aliphatic carbocycles. The molecule has 0 spiro atoms. The van der Waals surface area contributed by atoms with Gasteiger partial charge in [0.2, 0.25) is 0 Å². The van der Waals surface area contributed by atoms with Gasteiger partial charge in [0, 0.05) is 24.2 Å². The predicted molar refractivity (Wildman–Crippen MR) is 90.5 cm³/mol. The molecular formula is C19H21FN2O2. The molecule has 1 fully saturated rings. The van der Waals surface area contributed by atoms with E-state index in [9.17, 15) is 9.18 Å². The molecule has 0 aromatic heterocycles. The lowest BCUT2D eigenvalue weighted by atomic mass is 10.1. The number of rotatable bonds is 5. The van der Waals surface area contributed by atoms with Crippen molar-refractivity contribution in [2.75, 3.05) is 13.1 Å². The average Bonchev–Trinajstić information content (AvgIpc) is 2.61. The number of amides is 1. The van der Waals surface area contributed by atoms with Crippen LogP contribution in [0.2, 0.25) is 0 Å². The summed E-state index contributed by atoms with van der Waals surface area (Å²) < 4.78 is 18.7. The van der Waals surface area contributed by atoms with Crippen LogP contribution in [0, 0.1) is 5.82 Å². The number of hydrogen-bond donors (Lipinski definition) is 2. The molecule has 1 atom stereocenters. The van der Waals surface area contributed by atoms with Crippen LogP contribution in [-0.2, 0) is 6.61 Å². The van der Waals surface area contributed by atoms with Crippen LogP contribution in [0.4, 0.5) is 4.39 Å². The van der Waals surface area contributed by atoms with E-state index >= 15 is 0 Å². The highest BCUT2D eigenvalue weighted by molar-refractivity contribution is 5.94. The topological polar surface area (TPSA) is 50.4 Å². The van der Waals surface area contributed by atoms with Crippen molar-refractivity contribution in [3.63, 3.8) is 0 Å². The molecular weight excluding hydrogens is 307 g/mol. The molecule has 5 heteroatoms. The SMILES string of the molecule is O=C(N[C@H]1CCCNC1)c1cccc(COc2cccc(F)c2)c1. The fourth-order valence-corrected chi connectivity index (χ4v) is 2.77. The summed E-state index contributed by atoms with van der Waals surface area (Å²) in [6, 6.07) is 13.5. The maximum Gasteiger partial charge on any atom is 0.251 e. The molecule has 0 radical (unpaired) electrons. The summed E-state index contributed by atoms with van der Waals surface area (Å²) in [5, 5.41) is 6.33. The van der Waals surface area contributed by atoms with Crippen LogP contribution in [0.15, 0.2) is 48.5 Å². The van der Waals surface area contributed by atoms with Gasteiger partial charge in [0.1, 0.15) is 18.2 Å². The second-order valence-corrected chi connectivity index (χ2v) is 5.96. The summed E-state index contributed by atoms with van der Waals surface area (Å²) >= 11 is 0. The number of halogens is 1. The molecule has 1 aliphatic rings. The Kier molecular flexibility index (Phi) is 5.43. The van der Waals surface area contributed by atoms with E-state index in [1.165, 1.54) is 12.1 Å². The van der Waals surface area contributed by atoms with Crippen LogP contribution >= 0.6 is 0 Å². The molecule has 3 rings (SSSR count). The number of piperidine rings is 1. The van der Waals surface area contributed by atoms with Gasteiger partial charge in [0.15, 0.2) is 0 Å². The Bertz CT molecular complexity index is 699. The van der Waals surface area contributed by atoms with Crippen LogP contribution in [0.3, 0.4) is 0 Å². The number of benzene rings is 2. The second-order valence-electron chi connectivity index (χ2n) is 5.96. The van der Waals surface area contributed by atoms with Crippen molar-refractivity contribution in [3.05, 3.63) is 65.5 Å². The van der Waals surface area contributed by atoms with Crippen LogP contribution in [0.25, 0.3) is 0 Å². The van der Waals surface area contributed by atoms with Crippen molar-refractivity contribution in [3.8, 4) is 5.75 Å². The molecule has 0 bridgehead atoms. The maximum atomic E-state index is 13.1. The van der Waals surface area contributed by atoms with E-state index in [2.05, 4.69) is 10.6 Å². The van der Waals surface area contributed by atoms with Crippen molar-refractivity contribution < 1.29 is 13.9 Å². The standard InChI is InChI=1S/C19H21FN2O2/c20-16-6-2-8-18(11-16)24-13-14-4-1-5-15(10-14)19(23)22-17-7-3-9-21-12-17/h1-2,4-6,8,10-11,17,21H,3,7,9,12-13H2,(H,22,23)/t17-/m0/s1. The van der Waals surface area contributed by atoms with Gasteiger partial charge in [-0.15, -0.1) is 0 Å². The van der Waals surface area contributed by atoms with Gasteiger partial charge in [-0.25, -0.2) is 4.39 Å². The molecule has 2 aromatic rings. The maximum absolute atomic E-state index is 13.1. The molecule has 2 aromatic carbocycles. The summed E-state index contributed by atoms with van der Waals surface area (Å²) in [6.07, 6.45) is 2.08. The number of carbonyl (C=O) groups is 1. The van der Waals surface area contributed by atoms with Crippen molar-refractivity contribution in [1.29, 1.82) is 0 Å². The molecule has 2 N–H and O–H groups in total. The molecule has 4 nitrogen and oxygen atoms in total. The third kappa shape index (κ3) is 4.55. The van der Waals surface area contributed by atoms with Crippen molar-refractivity contribution in [2.24, 2.45) is 0 Å². The monoisotopic (exact) mass is 328 g/mol. The number of carbonyl (C=O) groups excluding carboxylic acids is 1. The third-order valence-electron chi connectivity index (χ3n) is 4.02. The fourth-order valence-electron chi connectivity index (χ4n) is 2.77. The zero-order valence-electron chi connectivity index (χ0n) is 13.4. The molecule has 24 heavy (non-hydrogen) atoms. The van der Waals surface area contributed by atoms with Gasteiger partial charge in [0.05, 0.1) is 0 Å². The van der Waals surface area contributed by atoms with Gasteiger partial charge < -0.3 is 15.4 Å². The summed E-state index contributed by atoms with van der Waals surface area (Å²) in [6.45, 7) is 2.11. The van der Waals surface area contributed by atoms with E-state index in [0.29, 0.717) is 11.3 Å². The number of hydrogen-bond acceptors (Lipinski definition) is 3. The minimum atomic E-state index is -0.332. The van der Waals surface area contributed by atoms with E-state index in [0.717, 1.165) is 31.5 Å². The van der Waals surface area contributed by atoms with Crippen molar-refractivity contribution in [2.45, 2.75) is 25.5 Å². The minimum Gasteiger partial charge on any atom is -0.489 e. The van der Waals surface area contributed by atoms with Crippen LogP contribution in [0.1, 0.15) is 28.8 Å². The Labute approximate surface area is 141 Å². The highest BCUT2D eigenvalue weighted by Crippen LogP contribution is 2.15. The lowest BCUT2D eigenvalue weighted by molar-refractivity contribution is 0.0930. The van der Waals surface area contributed by atoms with Crippen LogP contribution in [-0.4, -0.2) is 25.0 Å². The smallest absolute Gasteiger partial charge is 0.251 e. The first kappa shape index (κ1) is 16.5. The van der Waals surface area contributed by atoms with Gasteiger partial charge in [0.25, 0.3) is 5.91 Å². The van der Waals surface area contributed by atoms with Crippen molar-refractivity contribution >= 4 is 5.91 Å². The Morgan fingerprint density at radius 3 is 2.92 bits per heavy atom. The lowest BCUT2D eigenvalue weighted by Gasteiger charge is -2.23. The van der Waals surface area contributed by atoms with Gasteiger partial charge in [-0.3, -0.25) is 4.79 Å². The normalized spacial score (nSPS) is 17.3. The molecule has 126 valence electrons. The first-order valence-electron chi connectivity index (χ1n) is 8.19. The molecule has 0 unspecified atom stereocenters. The fraction of sp³-hybridized carbons (Fsp3) is 0.316. The minimum absolute atomic E-state index is 0.0729. The molecule has 1 aliphatic heterocycles. The highest BCUT2D eigenvalue weighted by Gasteiger charge is 2.16. The molecule has 1 heterocycles. The van der Waals surface area contributed by atoms with E-state index in [1.54, 1.807) is 18.2 Å². The van der Waals surface area contributed by atoms with Crippen LogP contribution in [0.5, 0.6) is 5.75 Å². The molecule has 1 amide bonds. The Balaban J connectivity index is 1.59. The summed E-state index contributed by atoms with van der Waals surface area (Å²) in [7, 11) is 0. The van der Waals surface area contributed by atoms with Gasteiger partial charge in [-0.2, -0.15) is 0 Å².